The summed E-state index contributed by atoms with van der Waals surface area (Å²) < 4.78 is 0.496. The molecule has 0 atom stereocenters. The molecule has 0 amide bonds. The van der Waals surface area contributed by atoms with Crippen molar-refractivity contribution >= 4 is 27.7 Å². The summed E-state index contributed by atoms with van der Waals surface area (Å²) in [6.07, 6.45) is 5.66. The van der Waals surface area contributed by atoms with Crippen molar-refractivity contribution in [3.63, 3.8) is 0 Å². The maximum absolute atomic E-state index is 3.72. The van der Waals surface area contributed by atoms with Crippen LogP contribution < -0.4 is 0 Å². The summed E-state index contributed by atoms with van der Waals surface area (Å²) in [7, 11) is 0. The van der Waals surface area contributed by atoms with Gasteiger partial charge in [-0.1, -0.05) is 36.2 Å². The second-order valence-electron chi connectivity index (χ2n) is 6.12. The first kappa shape index (κ1) is 13.2. The van der Waals surface area contributed by atoms with Crippen molar-refractivity contribution in [1.82, 2.24) is 4.90 Å². The molecule has 0 bridgehead atoms. The van der Waals surface area contributed by atoms with Gasteiger partial charge in [0.05, 0.1) is 0 Å². The summed E-state index contributed by atoms with van der Waals surface area (Å²) in [5.74, 6) is 1.31. The van der Waals surface area contributed by atoms with E-state index >= 15 is 0 Å². The van der Waals surface area contributed by atoms with Gasteiger partial charge in [-0.3, -0.25) is 0 Å². The lowest BCUT2D eigenvalue weighted by Crippen LogP contribution is -2.44. The third-order valence-electron chi connectivity index (χ3n) is 4.19. The normalized spacial score (nSPS) is 29.4. The van der Waals surface area contributed by atoms with Crippen LogP contribution in [0.4, 0.5) is 0 Å². The highest BCUT2D eigenvalue weighted by atomic mass is 79.9. The van der Waals surface area contributed by atoms with E-state index in [1.807, 2.05) is 0 Å². The van der Waals surface area contributed by atoms with E-state index < -0.39 is 0 Å². The molecule has 1 aliphatic carbocycles. The van der Waals surface area contributed by atoms with Crippen LogP contribution in [0.3, 0.4) is 0 Å². The van der Waals surface area contributed by atoms with Gasteiger partial charge in [0, 0.05) is 28.9 Å². The lowest BCUT2D eigenvalue weighted by Gasteiger charge is -2.44. The number of halogens is 1. The van der Waals surface area contributed by atoms with Crippen LogP contribution in [0.15, 0.2) is 0 Å². The van der Waals surface area contributed by atoms with E-state index in [9.17, 15) is 0 Å². The van der Waals surface area contributed by atoms with Gasteiger partial charge in [0.15, 0.2) is 0 Å². The molecule has 2 rings (SSSR count). The van der Waals surface area contributed by atoms with Gasteiger partial charge in [-0.25, -0.2) is 0 Å². The van der Waals surface area contributed by atoms with Crippen LogP contribution in [-0.4, -0.2) is 40.4 Å². The summed E-state index contributed by atoms with van der Waals surface area (Å²) in [5.41, 5.74) is 0.624. The molecule has 2 fully saturated rings. The minimum Gasteiger partial charge on any atom is -0.302 e. The van der Waals surface area contributed by atoms with Crippen molar-refractivity contribution in [2.75, 3.05) is 30.7 Å². The Morgan fingerprint density at radius 2 is 1.94 bits per heavy atom. The monoisotopic (exact) mass is 305 g/mol. The largest absolute Gasteiger partial charge is 0.302 e. The minimum absolute atomic E-state index is 0.496. The summed E-state index contributed by atoms with van der Waals surface area (Å²) in [5, 5.41) is 1.20. The second-order valence-corrected chi connectivity index (χ2v) is 8.48. The summed E-state index contributed by atoms with van der Waals surface area (Å²) >= 11 is 5.87. The maximum Gasteiger partial charge on any atom is 0.0116 e. The average Bonchev–Trinajstić information content (AvgIpc) is 2.34. The average molecular weight is 306 g/mol. The third kappa shape index (κ3) is 3.17. The van der Waals surface area contributed by atoms with Gasteiger partial charge in [0.1, 0.15) is 0 Å². The first-order valence-corrected chi connectivity index (χ1v) is 8.58. The molecule has 1 saturated carbocycles. The van der Waals surface area contributed by atoms with Crippen LogP contribution in [0, 0.1) is 5.41 Å². The Morgan fingerprint density at radius 1 is 1.19 bits per heavy atom. The van der Waals surface area contributed by atoms with Gasteiger partial charge in [-0.05, 0) is 31.2 Å². The van der Waals surface area contributed by atoms with Crippen LogP contribution in [-0.2, 0) is 0 Å². The van der Waals surface area contributed by atoms with E-state index in [1.165, 1.54) is 56.4 Å². The number of hydrogen-bond donors (Lipinski definition) is 0. The van der Waals surface area contributed by atoms with Crippen LogP contribution in [0.2, 0.25) is 0 Å². The number of rotatable bonds is 3. The van der Waals surface area contributed by atoms with E-state index in [0.29, 0.717) is 10.2 Å². The van der Waals surface area contributed by atoms with Crippen molar-refractivity contribution in [1.29, 1.82) is 0 Å². The van der Waals surface area contributed by atoms with Crippen molar-refractivity contribution in [3.05, 3.63) is 0 Å². The Kier molecular flexibility index (Phi) is 4.29. The van der Waals surface area contributed by atoms with Crippen LogP contribution in [0.25, 0.3) is 0 Å². The molecule has 1 aliphatic heterocycles. The van der Waals surface area contributed by atoms with Gasteiger partial charge in [-0.2, -0.15) is 11.8 Å². The minimum atomic E-state index is 0.496. The quantitative estimate of drug-likeness (QED) is 0.730. The van der Waals surface area contributed by atoms with Crippen LogP contribution in [0.5, 0.6) is 0 Å². The smallest absolute Gasteiger partial charge is 0.0116 e. The molecule has 16 heavy (non-hydrogen) atoms. The molecule has 1 heterocycles. The predicted molar refractivity (Wildman–Crippen MR) is 77.7 cm³/mol. The molecular weight excluding hydrogens is 282 g/mol. The zero-order valence-corrected chi connectivity index (χ0v) is 13.0. The van der Waals surface area contributed by atoms with Crippen LogP contribution >= 0.6 is 27.7 Å². The Bertz CT molecular complexity index is 233. The lowest BCUT2D eigenvalue weighted by atomic mass is 9.70. The molecule has 0 unspecified atom stereocenters. The third-order valence-corrected chi connectivity index (χ3v) is 6.75. The van der Waals surface area contributed by atoms with Gasteiger partial charge in [-0.15, -0.1) is 0 Å². The Hall–Kier alpha value is 0.790. The first-order chi connectivity index (χ1) is 7.55. The van der Waals surface area contributed by atoms with E-state index in [1.54, 1.807) is 0 Å². The van der Waals surface area contributed by atoms with E-state index in [4.69, 9.17) is 0 Å². The zero-order valence-electron chi connectivity index (χ0n) is 10.6. The number of hydrogen-bond acceptors (Lipinski definition) is 2. The number of nitrogens with zero attached hydrogens (tertiary/aromatic N) is 1. The Balaban J connectivity index is 1.86. The molecule has 0 aromatic heterocycles. The predicted octanol–water partition coefficient (Wildman–Crippen LogP) is 3.77. The summed E-state index contributed by atoms with van der Waals surface area (Å²) in [4.78, 5) is 2.71. The summed E-state index contributed by atoms with van der Waals surface area (Å²) in [6, 6.07) is 0. The van der Waals surface area contributed by atoms with Crippen molar-refractivity contribution in [3.8, 4) is 0 Å². The molecule has 0 spiro atoms. The molecule has 0 aromatic rings. The zero-order chi connectivity index (χ0) is 11.6. The molecule has 0 N–H and O–H groups in total. The lowest BCUT2D eigenvalue weighted by molar-refractivity contribution is 0.0941. The van der Waals surface area contributed by atoms with Crippen molar-refractivity contribution < 1.29 is 0 Å². The molecule has 3 heteroatoms. The highest BCUT2D eigenvalue weighted by molar-refractivity contribution is 9.09. The van der Waals surface area contributed by atoms with Gasteiger partial charge in [0.25, 0.3) is 0 Å². The molecule has 0 radical (unpaired) electrons. The molecular formula is C13H24BrNS. The van der Waals surface area contributed by atoms with E-state index in [0.717, 1.165) is 0 Å². The fourth-order valence-electron chi connectivity index (χ4n) is 2.71. The Labute approximate surface area is 113 Å². The summed E-state index contributed by atoms with van der Waals surface area (Å²) in [6.45, 7) is 8.71. The SMILES string of the molecule is CC1(C)CCN(CC2(CBr)CCC2)CCS1. The Morgan fingerprint density at radius 3 is 2.50 bits per heavy atom. The fourth-order valence-corrected chi connectivity index (χ4v) is 4.58. The number of thioether (sulfide) groups is 1. The topological polar surface area (TPSA) is 3.24 Å². The van der Waals surface area contributed by atoms with Gasteiger partial charge in [0.2, 0.25) is 0 Å². The molecule has 1 nitrogen and oxygen atoms in total. The molecule has 2 aliphatic rings. The van der Waals surface area contributed by atoms with E-state index in [2.05, 4.69) is 46.4 Å². The molecule has 94 valence electrons. The van der Waals surface area contributed by atoms with Crippen LogP contribution in [0.1, 0.15) is 39.5 Å². The van der Waals surface area contributed by atoms with Crippen molar-refractivity contribution in [2.24, 2.45) is 5.41 Å². The number of alkyl halides is 1. The highest BCUT2D eigenvalue weighted by Gasteiger charge is 2.38. The van der Waals surface area contributed by atoms with E-state index in [-0.39, 0.29) is 0 Å². The van der Waals surface area contributed by atoms with Gasteiger partial charge < -0.3 is 4.90 Å². The first-order valence-electron chi connectivity index (χ1n) is 6.48. The fraction of sp³-hybridized carbons (Fsp3) is 1.00. The highest BCUT2D eigenvalue weighted by Crippen LogP contribution is 2.43. The van der Waals surface area contributed by atoms with Gasteiger partial charge >= 0.3 is 0 Å². The van der Waals surface area contributed by atoms with Crippen molar-refractivity contribution in [2.45, 2.75) is 44.3 Å². The molecule has 0 aromatic carbocycles. The molecule has 1 saturated heterocycles. The maximum atomic E-state index is 3.72. The standard InChI is InChI=1S/C13H24BrNS/c1-12(2)6-7-15(8-9-16-12)11-13(10-14)4-3-5-13/h3-11H2,1-2H3. The second kappa shape index (κ2) is 5.19.